The molecule has 0 aliphatic carbocycles. The van der Waals surface area contributed by atoms with Gasteiger partial charge in [0, 0.05) is 32.6 Å². The lowest BCUT2D eigenvalue weighted by molar-refractivity contribution is -0.130. The van der Waals surface area contributed by atoms with Crippen molar-refractivity contribution in [1.82, 2.24) is 14.5 Å². The first-order valence-electron chi connectivity index (χ1n) is 10.5. The third kappa shape index (κ3) is 5.36. The van der Waals surface area contributed by atoms with Crippen molar-refractivity contribution in [1.29, 1.82) is 0 Å². The molecule has 0 fully saturated rings. The lowest BCUT2D eigenvalue weighted by Crippen LogP contribution is -2.27. The number of benzene rings is 2. The van der Waals surface area contributed by atoms with Gasteiger partial charge in [-0.2, -0.15) is 0 Å². The minimum absolute atomic E-state index is 0.0158. The van der Waals surface area contributed by atoms with Gasteiger partial charge in [-0.15, -0.1) is 0 Å². The molecule has 0 atom stereocenters. The fourth-order valence-electron chi connectivity index (χ4n) is 3.58. The van der Waals surface area contributed by atoms with E-state index in [1.807, 2.05) is 18.2 Å². The summed E-state index contributed by atoms with van der Waals surface area (Å²) in [7, 11) is 7.96. The van der Waals surface area contributed by atoms with E-state index < -0.39 is 0 Å². The van der Waals surface area contributed by atoms with Crippen LogP contribution in [-0.2, 0) is 17.9 Å². The fourth-order valence-corrected chi connectivity index (χ4v) is 3.58. The topological polar surface area (TPSA) is 92.1 Å². The summed E-state index contributed by atoms with van der Waals surface area (Å²) in [6.07, 6.45) is 2.31. The van der Waals surface area contributed by atoms with Gasteiger partial charge in [-0.05, 0) is 30.2 Å². The van der Waals surface area contributed by atoms with Crippen LogP contribution >= 0.6 is 0 Å². The van der Waals surface area contributed by atoms with Crippen molar-refractivity contribution in [2.75, 3.05) is 35.5 Å². The Labute approximate surface area is 192 Å². The summed E-state index contributed by atoms with van der Waals surface area (Å²) in [5.41, 5.74) is 1.27. The zero-order valence-electron chi connectivity index (χ0n) is 19.6. The van der Waals surface area contributed by atoms with Crippen molar-refractivity contribution in [2.45, 2.75) is 25.9 Å². The maximum atomic E-state index is 12.9. The molecule has 0 N–H and O–H groups in total. The molecule has 0 spiro atoms. The Morgan fingerprint density at radius 1 is 0.939 bits per heavy atom. The lowest BCUT2D eigenvalue weighted by Gasteiger charge is -2.18. The van der Waals surface area contributed by atoms with E-state index >= 15 is 0 Å². The molecule has 0 saturated carbocycles. The van der Waals surface area contributed by atoms with Gasteiger partial charge in [0.05, 0.1) is 45.7 Å². The van der Waals surface area contributed by atoms with E-state index in [-0.39, 0.29) is 11.5 Å². The molecule has 2 aromatic carbocycles. The van der Waals surface area contributed by atoms with Gasteiger partial charge in [0.15, 0.2) is 23.0 Å². The van der Waals surface area contributed by atoms with Gasteiger partial charge in [0.2, 0.25) is 5.91 Å². The van der Waals surface area contributed by atoms with Crippen molar-refractivity contribution in [2.24, 2.45) is 0 Å². The highest BCUT2D eigenvalue weighted by atomic mass is 16.5. The van der Waals surface area contributed by atoms with Gasteiger partial charge < -0.3 is 23.8 Å². The molecule has 33 heavy (non-hydrogen) atoms. The number of hydrogen-bond acceptors (Lipinski definition) is 7. The molecule has 0 radical (unpaired) electrons. The Kier molecular flexibility index (Phi) is 7.76. The lowest BCUT2D eigenvalue weighted by atomic mass is 10.1. The zero-order valence-corrected chi connectivity index (χ0v) is 19.6. The number of aryl methyl sites for hydroxylation is 1. The second-order valence-corrected chi connectivity index (χ2v) is 7.51. The molecule has 0 aliphatic rings. The molecular formula is C24H29N3O6. The molecule has 0 unspecified atom stereocenters. The number of carbonyl (C=O) groups is 1. The van der Waals surface area contributed by atoms with Crippen LogP contribution in [0.2, 0.25) is 0 Å². The summed E-state index contributed by atoms with van der Waals surface area (Å²) in [6.45, 7) is 0.824. The van der Waals surface area contributed by atoms with Crippen LogP contribution in [-0.4, -0.2) is 55.8 Å². The number of nitrogens with zero attached hydrogens (tertiary/aromatic N) is 3. The third-order valence-corrected chi connectivity index (χ3v) is 5.41. The molecule has 176 valence electrons. The monoisotopic (exact) mass is 455 g/mol. The number of rotatable bonds is 10. The van der Waals surface area contributed by atoms with Crippen LogP contribution in [0, 0.1) is 0 Å². The Morgan fingerprint density at radius 2 is 1.58 bits per heavy atom. The van der Waals surface area contributed by atoms with Gasteiger partial charge in [0.25, 0.3) is 5.56 Å². The molecule has 1 amide bonds. The van der Waals surface area contributed by atoms with E-state index in [0.29, 0.717) is 59.8 Å². The summed E-state index contributed by atoms with van der Waals surface area (Å²) in [5.74, 6) is 2.22. The van der Waals surface area contributed by atoms with Crippen molar-refractivity contribution in [3.8, 4) is 23.0 Å². The highest BCUT2D eigenvalue weighted by molar-refractivity contribution is 5.81. The minimum atomic E-state index is -0.188. The smallest absolute Gasteiger partial charge is 0.261 e. The van der Waals surface area contributed by atoms with E-state index in [2.05, 4.69) is 4.98 Å². The Bertz CT molecular complexity index is 1190. The van der Waals surface area contributed by atoms with Crippen molar-refractivity contribution >= 4 is 16.8 Å². The van der Waals surface area contributed by atoms with Gasteiger partial charge in [0.1, 0.15) is 0 Å². The van der Waals surface area contributed by atoms with Crippen LogP contribution in [0.5, 0.6) is 23.0 Å². The number of carbonyl (C=O) groups excluding carboxylic acids is 1. The average Bonchev–Trinajstić information content (AvgIpc) is 2.84. The first-order valence-corrected chi connectivity index (χ1v) is 10.5. The van der Waals surface area contributed by atoms with E-state index in [4.69, 9.17) is 18.9 Å². The standard InChI is InChI=1S/C24H29N3O6/c1-26(14-16-8-9-19(30-2)20(11-16)31-3)23(28)7-6-10-27-15-25-18-13-22(33-5)21(32-4)12-17(18)24(27)29/h8-9,11-13,15H,6-7,10,14H2,1-5H3. The fraction of sp³-hybridized carbons (Fsp3) is 0.375. The average molecular weight is 456 g/mol. The maximum absolute atomic E-state index is 12.9. The van der Waals surface area contributed by atoms with Crippen molar-refractivity contribution in [3.63, 3.8) is 0 Å². The Hall–Kier alpha value is -3.75. The first-order chi connectivity index (χ1) is 15.9. The van der Waals surface area contributed by atoms with E-state index in [0.717, 1.165) is 5.56 Å². The molecular weight excluding hydrogens is 426 g/mol. The quantitative estimate of drug-likeness (QED) is 0.464. The normalized spacial score (nSPS) is 10.7. The minimum Gasteiger partial charge on any atom is -0.493 e. The number of fused-ring (bicyclic) bond motifs is 1. The molecule has 3 aromatic rings. The van der Waals surface area contributed by atoms with Gasteiger partial charge in [-0.1, -0.05) is 6.07 Å². The van der Waals surface area contributed by atoms with Crippen LogP contribution in [0.3, 0.4) is 0 Å². The summed E-state index contributed by atoms with van der Waals surface area (Å²) >= 11 is 0. The van der Waals surface area contributed by atoms with Crippen LogP contribution < -0.4 is 24.5 Å². The molecule has 0 saturated heterocycles. The van der Waals surface area contributed by atoms with Crippen LogP contribution in [0.15, 0.2) is 41.5 Å². The highest BCUT2D eigenvalue weighted by Crippen LogP contribution is 2.30. The molecule has 0 aliphatic heterocycles. The molecule has 9 nitrogen and oxygen atoms in total. The third-order valence-electron chi connectivity index (χ3n) is 5.41. The van der Waals surface area contributed by atoms with Gasteiger partial charge in [-0.3, -0.25) is 14.2 Å². The number of methoxy groups -OCH3 is 4. The largest absolute Gasteiger partial charge is 0.493 e. The van der Waals surface area contributed by atoms with E-state index in [9.17, 15) is 9.59 Å². The van der Waals surface area contributed by atoms with Crippen LogP contribution in [0.4, 0.5) is 0 Å². The Balaban J connectivity index is 1.63. The SMILES string of the molecule is COc1ccc(CN(C)C(=O)CCCn2cnc3cc(OC)c(OC)cc3c2=O)cc1OC. The molecule has 3 rings (SSSR count). The first kappa shape index (κ1) is 23.9. The highest BCUT2D eigenvalue weighted by Gasteiger charge is 2.13. The van der Waals surface area contributed by atoms with Crippen molar-refractivity contribution in [3.05, 3.63) is 52.6 Å². The van der Waals surface area contributed by atoms with Crippen molar-refractivity contribution < 1.29 is 23.7 Å². The predicted octanol–water partition coefficient (Wildman–Crippen LogP) is 2.87. The maximum Gasteiger partial charge on any atom is 0.261 e. The Morgan fingerprint density at radius 3 is 2.24 bits per heavy atom. The number of amides is 1. The number of ether oxygens (including phenoxy) is 4. The number of hydrogen-bond donors (Lipinski definition) is 0. The summed E-state index contributed by atoms with van der Waals surface area (Å²) in [6, 6.07) is 8.87. The van der Waals surface area contributed by atoms with Crippen LogP contribution in [0.25, 0.3) is 10.9 Å². The molecule has 1 aromatic heterocycles. The summed E-state index contributed by atoms with van der Waals surface area (Å²) in [4.78, 5) is 31.5. The second-order valence-electron chi connectivity index (χ2n) is 7.51. The molecule has 0 bridgehead atoms. The van der Waals surface area contributed by atoms with Crippen LogP contribution in [0.1, 0.15) is 18.4 Å². The van der Waals surface area contributed by atoms with Gasteiger partial charge >= 0.3 is 0 Å². The number of aromatic nitrogens is 2. The molecule has 1 heterocycles. The van der Waals surface area contributed by atoms with Gasteiger partial charge in [-0.25, -0.2) is 4.98 Å². The second kappa shape index (κ2) is 10.7. The van der Waals surface area contributed by atoms with E-state index in [1.54, 1.807) is 38.3 Å². The zero-order chi connectivity index (χ0) is 24.0. The summed E-state index contributed by atoms with van der Waals surface area (Å²) < 4.78 is 22.6. The predicted molar refractivity (Wildman–Crippen MR) is 124 cm³/mol. The molecule has 9 heteroatoms. The summed E-state index contributed by atoms with van der Waals surface area (Å²) in [5, 5.41) is 0.437. The van der Waals surface area contributed by atoms with E-state index in [1.165, 1.54) is 25.1 Å².